The number of carbonyl (C=O) groups is 2. The highest BCUT2D eigenvalue weighted by Gasteiger charge is 2.15. The lowest BCUT2D eigenvalue weighted by atomic mass is 10.0. The molecule has 1 aromatic heterocycles. The fourth-order valence-corrected chi connectivity index (χ4v) is 4.22. The first-order valence-corrected chi connectivity index (χ1v) is 12.3. The van der Waals surface area contributed by atoms with Crippen molar-refractivity contribution < 1.29 is 14.3 Å². The van der Waals surface area contributed by atoms with E-state index in [-0.39, 0.29) is 11.6 Å². The number of nitrogens with zero attached hydrogens (tertiary/aromatic N) is 2. The second kappa shape index (κ2) is 11.3. The van der Waals surface area contributed by atoms with E-state index in [0.717, 1.165) is 16.8 Å². The Balaban J connectivity index is 1.34. The molecule has 0 saturated heterocycles. The summed E-state index contributed by atoms with van der Waals surface area (Å²) in [7, 11) is 0. The van der Waals surface area contributed by atoms with Gasteiger partial charge in [-0.1, -0.05) is 83.9 Å². The average molecular weight is 543 g/mol. The van der Waals surface area contributed by atoms with Gasteiger partial charge in [0.05, 0.1) is 27.4 Å². The minimum absolute atomic E-state index is 0.275. The number of benzene rings is 4. The lowest BCUT2D eigenvalue weighted by Gasteiger charge is -2.12. The zero-order valence-electron chi connectivity index (χ0n) is 19.8. The number of halogens is 2. The third kappa shape index (κ3) is 5.75. The van der Waals surface area contributed by atoms with Crippen molar-refractivity contribution in [1.82, 2.24) is 20.8 Å². The topological polar surface area (TPSA) is 93.2 Å². The molecule has 0 atom stereocenters. The summed E-state index contributed by atoms with van der Waals surface area (Å²) in [5.41, 5.74) is 9.49. The van der Waals surface area contributed by atoms with Gasteiger partial charge in [-0.2, -0.15) is 0 Å². The number of hydrogen-bond donors (Lipinski definition) is 2. The standard InChI is InChI=1S/C29H20Cl2N4O3/c30-21-12-14-25(22(31)16-21)38-17-26(36)34-35-29(37)20-11-13-23-24(15-20)33-28(19-9-5-2-6-10-19)27(32-23)18-7-3-1-4-8-18/h1-16H,17H2,(H,34,36)(H,35,37). The van der Waals surface area contributed by atoms with E-state index in [1.54, 1.807) is 30.3 Å². The maximum atomic E-state index is 12.8. The van der Waals surface area contributed by atoms with Crippen LogP contribution < -0.4 is 15.6 Å². The van der Waals surface area contributed by atoms with Crippen LogP contribution in [0.5, 0.6) is 5.75 Å². The van der Waals surface area contributed by atoms with Gasteiger partial charge in [0.2, 0.25) is 0 Å². The van der Waals surface area contributed by atoms with Crippen LogP contribution in [0.3, 0.4) is 0 Å². The van der Waals surface area contributed by atoms with E-state index in [1.165, 1.54) is 6.07 Å². The molecular formula is C29H20Cl2N4O3. The molecule has 0 aliphatic carbocycles. The SMILES string of the molecule is O=C(COc1ccc(Cl)cc1Cl)NNC(=O)c1ccc2nc(-c3ccccc3)c(-c3ccccc3)nc2c1. The van der Waals surface area contributed by atoms with Crippen LogP contribution >= 0.6 is 23.2 Å². The largest absolute Gasteiger partial charge is 0.482 e. The molecule has 2 amide bonds. The highest BCUT2D eigenvalue weighted by molar-refractivity contribution is 6.35. The Kier molecular flexibility index (Phi) is 7.49. The van der Waals surface area contributed by atoms with Gasteiger partial charge in [0.15, 0.2) is 6.61 Å². The highest BCUT2D eigenvalue weighted by atomic mass is 35.5. The predicted molar refractivity (Wildman–Crippen MR) is 148 cm³/mol. The molecule has 38 heavy (non-hydrogen) atoms. The van der Waals surface area contributed by atoms with E-state index in [2.05, 4.69) is 10.9 Å². The summed E-state index contributed by atoms with van der Waals surface area (Å²) in [6.45, 7) is -0.354. The van der Waals surface area contributed by atoms with Crippen molar-refractivity contribution in [3.05, 3.63) is 113 Å². The lowest BCUT2D eigenvalue weighted by Crippen LogP contribution is -2.43. The van der Waals surface area contributed by atoms with Crippen LogP contribution in [0.2, 0.25) is 10.0 Å². The van der Waals surface area contributed by atoms with Gasteiger partial charge in [0, 0.05) is 21.7 Å². The Hall–Kier alpha value is -4.46. The number of hydrazine groups is 1. The summed E-state index contributed by atoms with van der Waals surface area (Å²) < 4.78 is 5.38. The van der Waals surface area contributed by atoms with Crippen molar-refractivity contribution >= 4 is 46.0 Å². The smallest absolute Gasteiger partial charge is 0.276 e. The number of aromatic nitrogens is 2. The van der Waals surface area contributed by atoms with E-state index in [9.17, 15) is 9.59 Å². The van der Waals surface area contributed by atoms with Crippen LogP contribution in [-0.4, -0.2) is 28.4 Å². The third-order valence-electron chi connectivity index (χ3n) is 5.59. The highest BCUT2D eigenvalue weighted by Crippen LogP contribution is 2.31. The predicted octanol–water partition coefficient (Wildman–Crippen LogP) is 6.11. The van der Waals surface area contributed by atoms with Crippen molar-refractivity contribution in [2.24, 2.45) is 0 Å². The van der Waals surface area contributed by atoms with Gasteiger partial charge in [-0.15, -0.1) is 0 Å². The first kappa shape index (κ1) is 25.2. The molecule has 2 N–H and O–H groups in total. The molecule has 188 valence electrons. The number of carbonyl (C=O) groups excluding carboxylic acids is 2. The normalized spacial score (nSPS) is 10.7. The minimum atomic E-state index is -0.566. The number of amides is 2. The van der Waals surface area contributed by atoms with Crippen molar-refractivity contribution in [3.8, 4) is 28.3 Å². The molecule has 0 aliphatic rings. The van der Waals surface area contributed by atoms with E-state index in [1.807, 2.05) is 60.7 Å². The zero-order chi connectivity index (χ0) is 26.5. The number of hydrogen-bond acceptors (Lipinski definition) is 5. The van der Waals surface area contributed by atoms with Crippen LogP contribution in [-0.2, 0) is 4.79 Å². The van der Waals surface area contributed by atoms with Crippen LogP contribution in [0.25, 0.3) is 33.5 Å². The lowest BCUT2D eigenvalue weighted by molar-refractivity contribution is -0.123. The molecule has 0 spiro atoms. The van der Waals surface area contributed by atoms with Gasteiger partial charge >= 0.3 is 0 Å². The quantitative estimate of drug-likeness (QED) is 0.252. The monoisotopic (exact) mass is 542 g/mol. The van der Waals surface area contributed by atoms with E-state index in [4.69, 9.17) is 37.9 Å². The van der Waals surface area contributed by atoms with Crippen molar-refractivity contribution in [1.29, 1.82) is 0 Å². The fourth-order valence-electron chi connectivity index (χ4n) is 3.76. The molecule has 0 unspecified atom stereocenters. The molecule has 9 heteroatoms. The summed E-state index contributed by atoms with van der Waals surface area (Å²) in [6.07, 6.45) is 0. The summed E-state index contributed by atoms with van der Waals surface area (Å²) >= 11 is 11.9. The molecular weight excluding hydrogens is 523 g/mol. The summed E-state index contributed by atoms with van der Waals surface area (Å²) in [5.74, 6) is -0.779. The number of ether oxygens (including phenoxy) is 1. The molecule has 1 heterocycles. The Labute approximate surface area is 228 Å². The van der Waals surface area contributed by atoms with Crippen molar-refractivity contribution in [2.45, 2.75) is 0 Å². The van der Waals surface area contributed by atoms with Gasteiger partial charge < -0.3 is 4.74 Å². The molecule has 0 bridgehead atoms. The summed E-state index contributed by atoms with van der Waals surface area (Å²) in [5, 5.41) is 0.725. The summed E-state index contributed by atoms with van der Waals surface area (Å²) in [4.78, 5) is 34.7. The molecule has 7 nitrogen and oxygen atoms in total. The fraction of sp³-hybridized carbons (Fsp3) is 0.0345. The van der Waals surface area contributed by atoms with Crippen LogP contribution in [0.15, 0.2) is 97.1 Å². The van der Waals surface area contributed by atoms with Gasteiger partial charge in [-0.3, -0.25) is 20.4 Å². The third-order valence-corrected chi connectivity index (χ3v) is 6.12. The van der Waals surface area contributed by atoms with Gasteiger partial charge in [-0.05, 0) is 36.4 Å². The van der Waals surface area contributed by atoms with Crippen molar-refractivity contribution in [2.75, 3.05) is 6.61 Å². The molecule has 0 fully saturated rings. The Morgan fingerprint density at radius 1 is 0.711 bits per heavy atom. The van der Waals surface area contributed by atoms with Crippen LogP contribution in [0.1, 0.15) is 10.4 Å². The van der Waals surface area contributed by atoms with Gasteiger partial charge in [-0.25, -0.2) is 9.97 Å². The van der Waals surface area contributed by atoms with Gasteiger partial charge in [0.25, 0.3) is 11.8 Å². The van der Waals surface area contributed by atoms with Crippen LogP contribution in [0, 0.1) is 0 Å². The first-order valence-electron chi connectivity index (χ1n) is 11.6. The molecule has 0 aliphatic heterocycles. The van der Waals surface area contributed by atoms with Gasteiger partial charge in [0.1, 0.15) is 5.75 Å². The average Bonchev–Trinajstić information content (AvgIpc) is 2.95. The maximum absolute atomic E-state index is 12.8. The Morgan fingerprint density at radius 2 is 1.34 bits per heavy atom. The van der Waals surface area contributed by atoms with Crippen molar-refractivity contribution in [3.63, 3.8) is 0 Å². The molecule has 5 rings (SSSR count). The molecule has 5 aromatic rings. The second-order valence-corrected chi connectivity index (χ2v) is 9.07. The van der Waals surface area contributed by atoms with Crippen LogP contribution in [0.4, 0.5) is 0 Å². The molecule has 4 aromatic carbocycles. The summed E-state index contributed by atoms with van der Waals surface area (Å²) in [6, 6.07) is 29.2. The Bertz CT molecular complexity index is 1630. The maximum Gasteiger partial charge on any atom is 0.276 e. The van der Waals surface area contributed by atoms with E-state index >= 15 is 0 Å². The van der Waals surface area contributed by atoms with E-state index in [0.29, 0.717) is 33.1 Å². The molecule has 0 radical (unpaired) electrons. The number of fused-ring (bicyclic) bond motifs is 1. The number of rotatable bonds is 6. The molecule has 0 saturated carbocycles. The Morgan fingerprint density at radius 3 is 1.97 bits per heavy atom. The first-order chi connectivity index (χ1) is 18.5. The number of nitrogens with one attached hydrogen (secondary N) is 2. The van der Waals surface area contributed by atoms with E-state index < -0.39 is 11.8 Å². The second-order valence-electron chi connectivity index (χ2n) is 8.22. The zero-order valence-corrected chi connectivity index (χ0v) is 21.3. The minimum Gasteiger partial charge on any atom is -0.482 e.